The fourth-order valence-electron chi connectivity index (χ4n) is 2.37. The molecule has 1 aliphatic rings. The second-order valence-corrected chi connectivity index (χ2v) is 6.34. The predicted octanol–water partition coefficient (Wildman–Crippen LogP) is 2.40. The SMILES string of the molecule is CN=C(NCC1(CCOC)CCC1)NCC(C)(C)OC.I. The summed E-state index contributed by atoms with van der Waals surface area (Å²) in [6.07, 6.45) is 5.01. The molecule has 1 rings (SSSR count). The second-order valence-electron chi connectivity index (χ2n) is 6.34. The van der Waals surface area contributed by atoms with E-state index in [1.807, 2.05) is 0 Å². The van der Waals surface area contributed by atoms with Crippen LogP contribution in [0.25, 0.3) is 0 Å². The van der Waals surface area contributed by atoms with Crippen molar-refractivity contribution < 1.29 is 9.47 Å². The molecule has 1 aliphatic carbocycles. The standard InChI is InChI=1S/C15H31N3O2.HI/c1-14(2,20-5)11-17-13(16-3)18-12-15(7-6-8-15)9-10-19-4;/h6-12H2,1-5H3,(H2,16,17,18);1H. The molecule has 2 N–H and O–H groups in total. The summed E-state index contributed by atoms with van der Waals surface area (Å²) in [6.45, 7) is 6.64. The number of guanidine groups is 1. The van der Waals surface area contributed by atoms with Crippen molar-refractivity contribution in [1.29, 1.82) is 0 Å². The van der Waals surface area contributed by atoms with E-state index in [0.717, 1.165) is 32.1 Å². The first-order valence-corrected chi connectivity index (χ1v) is 7.45. The van der Waals surface area contributed by atoms with Crippen LogP contribution in [0.4, 0.5) is 0 Å². The molecule has 0 radical (unpaired) electrons. The first-order valence-electron chi connectivity index (χ1n) is 7.45. The molecule has 6 heteroatoms. The van der Waals surface area contributed by atoms with Gasteiger partial charge in [-0.25, -0.2) is 0 Å². The third-order valence-electron chi connectivity index (χ3n) is 4.34. The summed E-state index contributed by atoms with van der Waals surface area (Å²) >= 11 is 0. The Morgan fingerprint density at radius 2 is 1.90 bits per heavy atom. The summed E-state index contributed by atoms with van der Waals surface area (Å²) in [5.41, 5.74) is 0.201. The van der Waals surface area contributed by atoms with Gasteiger partial charge >= 0.3 is 0 Å². The van der Waals surface area contributed by atoms with Crippen molar-refractivity contribution in [3.63, 3.8) is 0 Å². The lowest BCUT2D eigenvalue weighted by atomic mass is 9.67. The molecule has 0 aliphatic heterocycles. The third-order valence-corrected chi connectivity index (χ3v) is 4.34. The molecule has 0 spiro atoms. The fourth-order valence-corrected chi connectivity index (χ4v) is 2.37. The van der Waals surface area contributed by atoms with Crippen LogP contribution in [-0.4, -0.2) is 52.5 Å². The van der Waals surface area contributed by atoms with Crippen LogP contribution in [0.1, 0.15) is 39.5 Å². The average molecular weight is 413 g/mol. The molecule has 0 atom stereocenters. The minimum Gasteiger partial charge on any atom is -0.385 e. The van der Waals surface area contributed by atoms with Gasteiger partial charge in [0.1, 0.15) is 0 Å². The Hall–Kier alpha value is -0.0800. The molecule has 0 amide bonds. The van der Waals surface area contributed by atoms with Gasteiger partial charge in [0.15, 0.2) is 5.96 Å². The van der Waals surface area contributed by atoms with Crippen LogP contribution in [0, 0.1) is 5.41 Å². The highest BCUT2D eigenvalue weighted by molar-refractivity contribution is 14.0. The van der Waals surface area contributed by atoms with Crippen LogP contribution < -0.4 is 10.6 Å². The summed E-state index contributed by atoms with van der Waals surface area (Å²) in [6, 6.07) is 0. The van der Waals surface area contributed by atoms with Crippen LogP contribution >= 0.6 is 24.0 Å². The molecule has 0 bridgehead atoms. The van der Waals surface area contributed by atoms with E-state index in [1.54, 1.807) is 21.3 Å². The van der Waals surface area contributed by atoms with E-state index in [1.165, 1.54) is 19.3 Å². The molecule has 0 aromatic heterocycles. The van der Waals surface area contributed by atoms with E-state index in [0.29, 0.717) is 5.41 Å². The molecule has 0 aromatic carbocycles. The van der Waals surface area contributed by atoms with Crippen LogP contribution in [0.3, 0.4) is 0 Å². The molecule has 0 unspecified atom stereocenters. The van der Waals surface area contributed by atoms with E-state index in [9.17, 15) is 0 Å². The molecule has 1 saturated carbocycles. The van der Waals surface area contributed by atoms with Crippen LogP contribution in [0.2, 0.25) is 0 Å². The second kappa shape index (κ2) is 9.84. The molecular formula is C15H32IN3O2. The highest BCUT2D eigenvalue weighted by Gasteiger charge is 2.36. The Bertz CT molecular complexity index is 318. The highest BCUT2D eigenvalue weighted by Crippen LogP contribution is 2.43. The van der Waals surface area contributed by atoms with Crippen molar-refractivity contribution in [2.75, 3.05) is 41.0 Å². The van der Waals surface area contributed by atoms with Crippen LogP contribution in [0.5, 0.6) is 0 Å². The number of hydrogen-bond donors (Lipinski definition) is 2. The minimum absolute atomic E-state index is 0. The number of ether oxygens (including phenoxy) is 2. The Morgan fingerprint density at radius 1 is 1.24 bits per heavy atom. The zero-order valence-electron chi connectivity index (χ0n) is 14.1. The van der Waals surface area contributed by atoms with Crippen molar-refractivity contribution in [3.8, 4) is 0 Å². The van der Waals surface area contributed by atoms with Gasteiger partial charge in [-0.3, -0.25) is 4.99 Å². The lowest BCUT2D eigenvalue weighted by Gasteiger charge is -2.42. The Labute approximate surface area is 146 Å². The number of methoxy groups -OCH3 is 2. The van der Waals surface area contributed by atoms with E-state index in [2.05, 4.69) is 29.5 Å². The van der Waals surface area contributed by atoms with Gasteiger partial charge in [-0.05, 0) is 38.5 Å². The summed E-state index contributed by atoms with van der Waals surface area (Å²) in [7, 11) is 5.30. The Morgan fingerprint density at radius 3 is 2.33 bits per heavy atom. The summed E-state index contributed by atoms with van der Waals surface area (Å²) in [5.74, 6) is 0.846. The molecule has 0 saturated heterocycles. The topological polar surface area (TPSA) is 54.9 Å². The monoisotopic (exact) mass is 413 g/mol. The summed E-state index contributed by atoms with van der Waals surface area (Å²) in [5, 5.41) is 6.77. The molecule has 0 aromatic rings. The van der Waals surface area contributed by atoms with Gasteiger partial charge in [-0.1, -0.05) is 6.42 Å². The average Bonchev–Trinajstić information content (AvgIpc) is 2.40. The molecule has 21 heavy (non-hydrogen) atoms. The number of nitrogens with zero attached hydrogens (tertiary/aromatic N) is 1. The van der Waals surface area contributed by atoms with Gasteiger partial charge in [0, 0.05) is 41.0 Å². The van der Waals surface area contributed by atoms with E-state index in [4.69, 9.17) is 9.47 Å². The third kappa shape index (κ3) is 7.15. The van der Waals surface area contributed by atoms with Gasteiger partial charge < -0.3 is 20.1 Å². The van der Waals surface area contributed by atoms with Crippen molar-refractivity contribution in [1.82, 2.24) is 10.6 Å². The zero-order chi connectivity index (χ0) is 15.1. The minimum atomic E-state index is -0.193. The Balaban J connectivity index is 0.00000400. The number of rotatable bonds is 8. The molecule has 5 nitrogen and oxygen atoms in total. The van der Waals surface area contributed by atoms with Gasteiger partial charge in [-0.15, -0.1) is 24.0 Å². The summed E-state index contributed by atoms with van der Waals surface area (Å²) in [4.78, 5) is 4.27. The first kappa shape index (κ1) is 20.9. The maximum Gasteiger partial charge on any atom is 0.191 e. The van der Waals surface area contributed by atoms with E-state index < -0.39 is 0 Å². The van der Waals surface area contributed by atoms with E-state index in [-0.39, 0.29) is 29.6 Å². The first-order chi connectivity index (χ1) is 9.47. The Kier molecular flexibility index (Phi) is 9.80. The maximum atomic E-state index is 5.40. The zero-order valence-corrected chi connectivity index (χ0v) is 16.5. The van der Waals surface area contributed by atoms with Crippen LogP contribution in [-0.2, 0) is 9.47 Å². The van der Waals surface area contributed by atoms with Crippen molar-refractivity contribution in [2.24, 2.45) is 10.4 Å². The van der Waals surface area contributed by atoms with Gasteiger partial charge in [0.2, 0.25) is 0 Å². The molecule has 0 heterocycles. The predicted molar refractivity (Wildman–Crippen MR) is 98.6 cm³/mol. The number of nitrogens with one attached hydrogen (secondary N) is 2. The maximum absolute atomic E-state index is 5.40. The molecular weight excluding hydrogens is 381 g/mol. The van der Waals surface area contributed by atoms with Gasteiger partial charge in [-0.2, -0.15) is 0 Å². The normalized spacial score (nSPS) is 17.7. The lowest BCUT2D eigenvalue weighted by molar-refractivity contribution is 0.0266. The van der Waals surface area contributed by atoms with Gasteiger partial charge in [0.05, 0.1) is 5.60 Å². The number of aliphatic imine (C=N–C) groups is 1. The summed E-state index contributed by atoms with van der Waals surface area (Å²) < 4.78 is 10.6. The quantitative estimate of drug-likeness (QED) is 0.365. The number of halogens is 1. The van der Waals surface area contributed by atoms with Crippen molar-refractivity contribution in [3.05, 3.63) is 0 Å². The fraction of sp³-hybridized carbons (Fsp3) is 0.933. The number of hydrogen-bond acceptors (Lipinski definition) is 3. The van der Waals surface area contributed by atoms with Crippen molar-refractivity contribution in [2.45, 2.75) is 45.1 Å². The molecule has 126 valence electrons. The van der Waals surface area contributed by atoms with E-state index >= 15 is 0 Å². The lowest BCUT2D eigenvalue weighted by Crippen LogP contribution is -2.49. The highest BCUT2D eigenvalue weighted by atomic mass is 127. The van der Waals surface area contributed by atoms with Gasteiger partial charge in [0.25, 0.3) is 0 Å². The smallest absolute Gasteiger partial charge is 0.191 e. The van der Waals surface area contributed by atoms with Crippen molar-refractivity contribution >= 4 is 29.9 Å². The largest absolute Gasteiger partial charge is 0.385 e. The molecule has 1 fully saturated rings. The van der Waals surface area contributed by atoms with Crippen LogP contribution in [0.15, 0.2) is 4.99 Å².